The number of urea groups is 1. The molecule has 5 aromatic rings. The van der Waals surface area contributed by atoms with E-state index in [4.69, 9.17) is 9.40 Å². The van der Waals surface area contributed by atoms with Gasteiger partial charge in [-0.25, -0.2) is 9.78 Å². The third-order valence-corrected chi connectivity index (χ3v) is 7.26. The van der Waals surface area contributed by atoms with Gasteiger partial charge in [-0.2, -0.15) is 4.99 Å². The summed E-state index contributed by atoms with van der Waals surface area (Å²) < 4.78 is 8.60. The van der Waals surface area contributed by atoms with Crippen molar-refractivity contribution in [1.29, 1.82) is 0 Å². The number of furan rings is 1. The minimum absolute atomic E-state index is 0.189. The fourth-order valence-corrected chi connectivity index (χ4v) is 5.79. The van der Waals surface area contributed by atoms with E-state index in [9.17, 15) is 9.59 Å². The van der Waals surface area contributed by atoms with Crippen molar-refractivity contribution in [2.75, 3.05) is 0 Å². The zero-order valence-electron chi connectivity index (χ0n) is 19.2. The van der Waals surface area contributed by atoms with Crippen molar-refractivity contribution < 1.29 is 9.21 Å². The number of nitrogens with one attached hydrogen (secondary N) is 1. The van der Waals surface area contributed by atoms with Gasteiger partial charge in [0, 0.05) is 20.9 Å². The second-order valence-electron chi connectivity index (χ2n) is 8.55. The average Bonchev–Trinajstić information content (AvgIpc) is 3.45. The second kappa shape index (κ2) is 9.57. The van der Waals surface area contributed by atoms with Gasteiger partial charge in [0.15, 0.2) is 0 Å². The van der Waals surface area contributed by atoms with Crippen LogP contribution in [0.4, 0.5) is 4.79 Å². The van der Waals surface area contributed by atoms with Crippen LogP contribution in [0.25, 0.3) is 28.0 Å². The molecule has 2 amide bonds. The highest BCUT2D eigenvalue weighted by atomic mass is 79.9. The zero-order chi connectivity index (χ0) is 25.5. The maximum atomic E-state index is 13.8. The summed E-state index contributed by atoms with van der Waals surface area (Å²) in [6, 6.07) is 23.6. The van der Waals surface area contributed by atoms with Crippen LogP contribution in [-0.2, 0) is 0 Å². The summed E-state index contributed by atoms with van der Waals surface area (Å²) >= 11 is 7.03. The lowest BCUT2D eigenvalue weighted by molar-refractivity contribution is 0.242. The predicted octanol–water partition coefficient (Wildman–Crippen LogP) is 6.81. The quantitative estimate of drug-likeness (QED) is 0.240. The van der Waals surface area contributed by atoms with Gasteiger partial charge in [0.05, 0.1) is 34.6 Å². The molecule has 3 aromatic carbocycles. The average molecular weight is 618 g/mol. The molecule has 1 N–H and O–H groups in total. The van der Waals surface area contributed by atoms with Crippen molar-refractivity contribution >= 4 is 54.5 Å². The van der Waals surface area contributed by atoms with Gasteiger partial charge < -0.3 is 9.73 Å². The topological polar surface area (TPSA) is 89.5 Å². The number of amides is 2. The largest absolute Gasteiger partial charge is 0.467 e. The first-order valence-electron chi connectivity index (χ1n) is 11.5. The molecule has 3 heterocycles. The Morgan fingerprint density at radius 3 is 2.43 bits per heavy atom. The fourth-order valence-electron chi connectivity index (χ4n) is 4.48. The molecule has 0 spiro atoms. The van der Waals surface area contributed by atoms with E-state index in [1.807, 2.05) is 66.7 Å². The summed E-state index contributed by atoms with van der Waals surface area (Å²) in [5, 5.41) is 3.32. The number of carbonyl (C=O) groups is 1. The van der Waals surface area contributed by atoms with E-state index in [2.05, 4.69) is 42.2 Å². The number of fused-ring (bicyclic) bond motifs is 1. The molecule has 2 aromatic heterocycles. The Labute approximate surface area is 228 Å². The molecule has 6 rings (SSSR count). The number of halogens is 2. The van der Waals surface area contributed by atoms with Gasteiger partial charge in [0.1, 0.15) is 11.6 Å². The molecule has 0 saturated heterocycles. The minimum Gasteiger partial charge on any atom is -0.467 e. The fraction of sp³-hybridized carbons (Fsp3) is 0.0714. The van der Waals surface area contributed by atoms with Crippen LogP contribution in [0, 0.1) is 0 Å². The Kier molecular flexibility index (Phi) is 6.10. The van der Waals surface area contributed by atoms with Gasteiger partial charge in [-0.3, -0.25) is 9.36 Å². The monoisotopic (exact) mass is 616 g/mol. The van der Waals surface area contributed by atoms with E-state index >= 15 is 0 Å². The van der Waals surface area contributed by atoms with Gasteiger partial charge in [0.2, 0.25) is 0 Å². The van der Waals surface area contributed by atoms with E-state index in [0.29, 0.717) is 40.3 Å². The number of hydrogen-bond donors (Lipinski definition) is 1. The van der Waals surface area contributed by atoms with E-state index in [-0.39, 0.29) is 11.6 Å². The summed E-state index contributed by atoms with van der Waals surface area (Å²) in [5.41, 5.74) is 3.31. The molecule has 7 nitrogen and oxygen atoms in total. The van der Waals surface area contributed by atoms with Crippen LogP contribution >= 0.6 is 31.9 Å². The Morgan fingerprint density at radius 1 is 0.919 bits per heavy atom. The van der Waals surface area contributed by atoms with E-state index < -0.39 is 6.03 Å². The molecule has 0 bridgehead atoms. The molecule has 1 aliphatic rings. The number of benzene rings is 3. The highest BCUT2D eigenvalue weighted by Gasteiger charge is 2.25. The maximum Gasteiger partial charge on any atom is 0.341 e. The molecule has 1 atom stereocenters. The number of aromatic nitrogens is 2. The summed E-state index contributed by atoms with van der Waals surface area (Å²) in [4.78, 5) is 35.2. The SMILES string of the molecule is O=C1N=C(c2ccc(-n3c(-c4ccccc4)nc4c(Br)cc(Br)cc4c3=O)cc2)CC(c2ccco2)N1. The van der Waals surface area contributed by atoms with Crippen molar-refractivity contribution in [2.24, 2.45) is 4.99 Å². The lowest BCUT2D eigenvalue weighted by Gasteiger charge is -2.21. The normalized spacial score (nSPS) is 15.5. The van der Waals surface area contributed by atoms with Gasteiger partial charge >= 0.3 is 6.03 Å². The third-order valence-electron chi connectivity index (χ3n) is 6.20. The van der Waals surface area contributed by atoms with E-state index in [0.717, 1.165) is 20.1 Å². The highest BCUT2D eigenvalue weighted by molar-refractivity contribution is 9.11. The van der Waals surface area contributed by atoms with Crippen molar-refractivity contribution in [3.63, 3.8) is 0 Å². The van der Waals surface area contributed by atoms with Crippen molar-refractivity contribution in [3.05, 3.63) is 116 Å². The summed E-state index contributed by atoms with van der Waals surface area (Å²) in [6.45, 7) is 0. The molecule has 0 fully saturated rings. The van der Waals surface area contributed by atoms with Crippen molar-refractivity contribution in [2.45, 2.75) is 12.5 Å². The third kappa shape index (κ3) is 4.45. The van der Waals surface area contributed by atoms with Crippen LogP contribution in [0.1, 0.15) is 23.8 Å². The van der Waals surface area contributed by atoms with Gasteiger partial charge in [-0.1, -0.05) is 58.4 Å². The summed E-state index contributed by atoms with van der Waals surface area (Å²) in [6.07, 6.45) is 2.08. The minimum atomic E-state index is -0.413. The van der Waals surface area contributed by atoms with Crippen LogP contribution in [0.5, 0.6) is 0 Å². The van der Waals surface area contributed by atoms with Gasteiger partial charge in [0.25, 0.3) is 5.56 Å². The standard InChI is InChI=1S/C28H18Br2N4O3/c29-18-13-20-25(21(30)14-18)33-26(17-5-2-1-3-6-17)34(27(20)35)19-10-8-16(9-11-19)22-15-23(32-28(36)31-22)24-7-4-12-37-24/h1-14,23H,15H2,(H,32,36). The molecule has 1 aliphatic heterocycles. The molecule has 1 unspecified atom stereocenters. The molecular weight excluding hydrogens is 600 g/mol. The number of hydrogen-bond acceptors (Lipinski definition) is 4. The predicted molar refractivity (Wildman–Crippen MR) is 149 cm³/mol. The first-order valence-corrected chi connectivity index (χ1v) is 13.1. The molecule has 182 valence electrons. The molecule has 37 heavy (non-hydrogen) atoms. The number of aliphatic imine (C=N–C) groups is 1. The summed E-state index contributed by atoms with van der Waals surface area (Å²) in [5.74, 6) is 1.21. The van der Waals surface area contributed by atoms with Crippen LogP contribution in [0.3, 0.4) is 0 Å². The molecule has 0 radical (unpaired) electrons. The maximum absolute atomic E-state index is 13.8. The van der Waals surface area contributed by atoms with Crippen LogP contribution in [0.15, 0.2) is 108 Å². The number of carbonyl (C=O) groups excluding carboxylic acids is 1. The van der Waals surface area contributed by atoms with E-state index in [1.54, 1.807) is 23.0 Å². The smallest absolute Gasteiger partial charge is 0.341 e. The Morgan fingerprint density at radius 2 is 1.70 bits per heavy atom. The highest BCUT2D eigenvalue weighted by Crippen LogP contribution is 2.30. The number of nitrogens with zero attached hydrogens (tertiary/aromatic N) is 3. The molecular formula is C28H18Br2N4O3. The van der Waals surface area contributed by atoms with Crippen LogP contribution in [0.2, 0.25) is 0 Å². The first kappa shape index (κ1) is 23.6. The van der Waals surface area contributed by atoms with Gasteiger partial charge in [-0.05, 0) is 57.9 Å². The van der Waals surface area contributed by atoms with Crippen LogP contribution in [-0.4, -0.2) is 21.3 Å². The molecule has 0 saturated carbocycles. The Bertz CT molecular complexity index is 1730. The van der Waals surface area contributed by atoms with Crippen molar-refractivity contribution in [1.82, 2.24) is 14.9 Å². The Hall–Kier alpha value is -3.82. The lowest BCUT2D eigenvalue weighted by Crippen LogP contribution is -2.33. The lowest BCUT2D eigenvalue weighted by atomic mass is 9.99. The van der Waals surface area contributed by atoms with Gasteiger partial charge in [-0.15, -0.1) is 0 Å². The zero-order valence-corrected chi connectivity index (χ0v) is 22.4. The molecule has 0 aliphatic carbocycles. The number of rotatable bonds is 4. The van der Waals surface area contributed by atoms with Crippen LogP contribution < -0.4 is 10.9 Å². The first-order chi connectivity index (χ1) is 18.0. The van der Waals surface area contributed by atoms with Crippen molar-refractivity contribution in [3.8, 4) is 17.1 Å². The van der Waals surface area contributed by atoms with E-state index in [1.165, 1.54) is 0 Å². The Balaban J connectivity index is 1.46. The second-order valence-corrected chi connectivity index (χ2v) is 10.3. The molecule has 9 heteroatoms. The summed E-state index contributed by atoms with van der Waals surface area (Å²) in [7, 11) is 0.